The maximum Gasteiger partial charge on any atom is 0.0965 e. The predicted octanol–water partition coefficient (Wildman–Crippen LogP) is 2.42. The van der Waals surface area contributed by atoms with Crippen molar-refractivity contribution in [1.29, 1.82) is 0 Å². The molecule has 0 spiro atoms. The first-order valence-electron chi connectivity index (χ1n) is 6.00. The molecule has 0 amide bonds. The molecule has 0 saturated carbocycles. The van der Waals surface area contributed by atoms with Crippen molar-refractivity contribution >= 4 is 11.8 Å². The Balaban J connectivity index is 2.13. The first-order chi connectivity index (χ1) is 8.22. The standard InChI is InChI=1S/C13H22N2OS/c1-11-9-12(2)15-13(10-11)17-8-4-5-14-6-7-16-3/h9-10,14H,4-8H2,1-3H3. The van der Waals surface area contributed by atoms with E-state index in [0.29, 0.717) is 0 Å². The van der Waals surface area contributed by atoms with Gasteiger partial charge >= 0.3 is 0 Å². The quantitative estimate of drug-likeness (QED) is 0.571. The second-order valence-electron chi connectivity index (χ2n) is 4.07. The lowest BCUT2D eigenvalue weighted by atomic mass is 10.3. The topological polar surface area (TPSA) is 34.1 Å². The second-order valence-corrected chi connectivity index (χ2v) is 5.18. The lowest BCUT2D eigenvalue weighted by Crippen LogP contribution is -2.20. The third-order valence-electron chi connectivity index (χ3n) is 2.31. The van der Waals surface area contributed by atoms with E-state index in [1.165, 1.54) is 5.56 Å². The molecule has 1 aromatic heterocycles. The Morgan fingerprint density at radius 1 is 1.29 bits per heavy atom. The van der Waals surface area contributed by atoms with Gasteiger partial charge in [0, 0.05) is 25.1 Å². The highest BCUT2D eigenvalue weighted by molar-refractivity contribution is 7.99. The number of nitrogens with zero attached hydrogens (tertiary/aromatic N) is 1. The van der Waals surface area contributed by atoms with Crippen LogP contribution in [-0.2, 0) is 4.74 Å². The number of pyridine rings is 1. The number of ether oxygens (including phenoxy) is 1. The minimum absolute atomic E-state index is 0.784. The first kappa shape index (κ1) is 14.5. The van der Waals surface area contributed by atoms with Gasteiger partial charge in [-0.2, -0.15) is 0 Å². The highest BCUT2D eigenvalue weighted by Crippen LogP contribution is 2.17. The van der Waals surface area contributed by atoms with E-state index in [1.54, 1.807) is 7.11 Å². The van der Waals surface area contributed by atoms with Gasteiger partial charge in [0.2, 0.25) is 0 Å². The van der Waals surface area contributed by atoms with E-state index in [0.717, 1.165) is 42.6 Å². The molecule has 1 heterocycles. The van der Waals surface area contributed by atoms with Crippen molar-refractivity contribution in [1.82, 2.24) is 10.3 Å². The SMILES string of the molecule is COCCNCCCSc1cc(C)cc(C)n1. The Hall–Kier alpha value is -0.580. The van der Waals surface area contributed by atoms with Gasteiger partial charge < -0.3 is 10.1 Å². The highest BCUT2D eigenvalue weighted by Gasteiger charge is 1.98. The van der Waals surface area contributed by atoms with Gasteiger partial charge in [0.15, 0.2) is 0 Å². The fourth-order valence-electron chi connectivity index (χ4n) is 1.55. The first-order valence-corrected chi connectivity index (χ1v) is 6.98. The van der Waals surface area contributed by atoms with Crippen molar-refractivity contribution in [2.75, 3.05) is 32.6 Å². The summed E-state index contributed by atoms with van der Waals surface area (Å²) in [6.07, 6.45) is 1.16. The van der Waals surface area contributed by atoms with Crippen LogP contribution in [0.1, 0.15) is 17.7 Å². The van der Waals surface area contributed by atoms with Crippen molar-refractivity contribution in [3.05, 3.63) is 23.4 Å². The van der Waals surface area contributed by atoms with E-state index in [2.05, 4.69) is 29.4 Å². The minimum atomic E-state index is 0.784. The van der Waals surface area contributed by atoms with Gasteiger partial charge in [-0.25, -0.2) is 4.98 Å². The van der Waals surface area contributed by atoms with E-state index in [9.17, 15) is 0 Å². The van der Waals surface area contributed by atoms with Crippen LogP contribution in [0.15, 0.2) is 17.2 Å². The molecule has 4 heteroatoms. The summed E-state index contributed by atoms with van der Waals surface area (Å²) >= 11 is 1.83. The largest absolute Gasteiger partial charge is 0.383 e. The molecular weight excluding hydrogens is 232 g/mol. The van der Waals surface area contributed by atoms with Gasteiger partial charge in [0.05, 0.1) is 11.6 Å². The molecule has 0 aliphatic carbocycles. The zero-order chi connectivity index (χ0) is 12.5. The van der Waals surface area contributed by atoms with Crippen LogP contribution in [-0.4, -0.2) is 37.5 Å². The second kappa shape index (κ2) is 8.50. The molecule has 17 heavy (non-hydrogen) atoms. The Morgan fingerprint density at radius 2 is 2.12 bits per heavy atom. The lowest BCUT2D eigenvalue weighted by Gasteiger charge is -2.05. The van der Waals surface area contributed by atoms with Crippen LogP contribution in [0.2, 0.25) is 0 Å². The van der Waals surface area contributed by atoms with E-state index in [4.69, 9.17) is 4.74 Å². The molecule has 0 unspecified atom stereocenters. The van der Waals surface area contributed by atoms with E-state index in [1.807, 2.05) is 18.7 Å². The molecular formula is C13H22N2OS. The summed E-state index contributed by atoms with van der Waals surface area (Å²) in [6, 6.07) is 4.26. The Bertz CT molecular complexity index is 311. The monoisotopic (exact) mass is 254 g/mol. The fourth-order valence-corrected chi connectivity index (χ4v) is 2.53. The maximum absolute atomic E-state index is 4.97. The number of thioether (sulfide) groups is 1. The Morgan fingerprint density at radius 3 is 2.82 bits per heavy atom. The molecule has 0 bridgehead atoms. The van der Waals surface area contributed by atoms with Crippen LogP contribution < -0.4 is 5.32 Å². The fraction of sp³-hybridized carbons (Fsp3) is 0.615. The number of aryl methyl sites for hydroxylation is 2. The van der Waals surface area contributed by atoms with Crippen LogP contribution in [0, 0.1) is 13.8 Å². The molecule has 0 aromatic carbocycles. The van der Waals surface area contributed by atoms with Gasteiger partial charge in [0.25, 0.3) is 0 Å². The number of methoxy groups -OCH3 is 1. The Kier molecular flexibility index (Phi) is 7.24. The van der Waals surface area contributed by atoms with Gasteiger partial charge in [-0.3, -0.25) is 0 Å². The third kappa shape index (κ3) is 6.66. The Labute approximate surface area is 108 Å². The zero-order valence-corrected chi connectivity index (χ0v) is 11.8. The highest BCUT2D eigenvalue weighted by atomic mass is 32.2. The van der Waals surface area contributed by atoms with Crippen LogP contribution in [0.4, 0.5) is 0 Å². The van der Waals surface area contributed by atoms with E-state index < -0.39 is 0 Å². The average Bonchev–Trinajstić information content (AvgIpc) is 2.26. The lowest BCUT2D eigenvalue weighted by molar-refractivity contribution is 0.199. The van der Waals surface area contributed by atoms with E-state index >= 15 is 0 Å². The van der Waals surface area contributed by atoms with Gasteiger partial charge in [-0.1, -0.05) is 0 Å². The van der Waals surface area contributed by atoms with Crippen LogP contribution in [0.3, 0.4) is 0 Å². The molecule has 96 valence electrons. The average molecular weight is 254 g/mol. The number of aromatic nitrogens is 1. The molecule has 1 rings (SSSR count). The number of hydrogen-bond acceptors (Lipinski definition) is 4. The summed E-state index contributed by atoms with van der Waals surface area (Å²) in [5.74, 6) is 1.11. The summed E-state index contributed by atoms with van der Waals surface area (Å²) < 4.78 is 4.97. The van der Waals surface area contributed by atoms with Crippen LogP contribution in [0.25, 0.3) is 0 Å². The summed E-state index contributed by atoms with van der Waals surface area (Å²) in [5, 5.41) is 4.47. The summed E-state index contributed by atoms with van der Waals surface area (Å²) in [6.45, 7) is 6.92. The van der Waals surface area contributed by atoms with E-state index in [-0.39, 0.29) is 0 Å². The maximum atomic E-state index is 4.97. The van der Waals surface area contributed by atoms with Crippen molar-refractivity contribution in [2.24, 2.45) is 0 Å². The van der Waals surface area contributed by atoms with Crippen LogP contribution in [0.5, 0.6) is 0 Å². The van der Waals surface area contributed by atoms with Crippen molar-refractivity contribution in [3.8, 4) is 0 Å². The number of hydrogen-bond donors (Lipinski definition) is 1. The molecule has 0 radical (unpaired) electrons. The third-order valence-corrected chi connectivity index (χ3v) is 3.30. The van der Waals surface area contributed by atoms with Crippen LogP contribution >= 0.6 is 11.8 Å². The minimum Gasteiger partial charge on any atom is -0.383 e. The summed E-state index contributed by atoms with van der Waals surface area (Å²) in [7, 11) is 1.73. The number of rotatable bonds is 8. The molecule has 0 saturated heterocycles. The van der Waals surface area contributed by atoms with Gasteiger partial charge in [0.1, 0.15) is 0 Å². The zero-order valence-electron chi connectivity index (χ0n) is 11.0. The molecule has 1 aromatic rings. The molecule has 0 fully saturated rings. The molecule has 1 N–H and O–H groups in total. The molecule has 0 aliphatic heterocycles. The molecule has 0 atom stereocenters. The van der Waals surface area contributed by atoms with Crippen molar-refractivity contribution < 1.29 is 4.74 Å². The normalized spacial score (nSPS) is 10.8. The summed E-state index contributed by atoms with van der Waals surface area (Å²) in [5.41, 5.74) is 2.39. The predicted molar refractivity (Wildman–Crippen MR) is 73.8 cm³/mol. The smallest absolute Gasteiger partial charge is 0.0965 e. The van der Waals surface area contributed by atoms with Gasteiger partial charge in [-0.05, 0) is 44.5 Å². The summed E-state index contributed by atoms with van der Waals surface area (Å²) in [4.78, 5) is 4.50. The van der Waals surface area contributed by atoms with Gasteiger partial charge in [-0.15, -0.1) is 11.8 Å². The van der Waals surface area contributed by atoms with Crippen molar-refractivity contribution in [2.45, 2.75) is 25.3 Å². The van der Waals surface area contributed by atoms with Crippen molar-refractivity contribution in [3.63, 3.8) is 0 Å². The molecule has 0 aliphatic rings. The molecule has 3 nitrogen and oxygen atoms in total. The number of nitrogens with one attached hydrogen (secondary N) is 1.